The van der Waals surface area contributed by atoms with Crippen molar-refractivity contribution in [3.8, 4) is 5.75 Å². The van der Waals surface area contributed by atoms with E-state index in [9.17, 15) is 4.79 Å². The number of amides is 1. The van der Waals surface area contributed by atoms with Gasteiger partial charge in [0.25, 0.3) is 0 Å². The van der Waals surface area contributed by atoms with Crippen LogP contribution in [0.15, 0.2) is 48.5 Å². The molecule has 4 nitrogen and oxygen atoms in total. The number of likely N-dealkylation sites (tertiary alicyclic amines) is 1. The van der Waals surface area contributed by atoms with E-state index in [1.54, 1.807) is 12.2 Å². The number of hydrogen-bond donors (Lipinski definition) is 1. The zero-order valence-electron chi connectivity index (χ0n) is 15.2. The molecule has 1 fully saturated rings. The van der Waals surface area contributed by atoms with Gasteiger partial charge >= 0.3 is 0 Å². The van der Waals surface area contributed by atoms with E-state index in [0.29, 0.717) is 18.2 Å². The number of benzene rings is 2. The first kappa shape index (κ1) is 18.1. The minimum absolute atomic E-state index is 0.00372. The van der Waals surface area contributed by atoms with Crippen LogP contribution in [0, 0.1) is 0 Å². The molecule has 2 N–H and O–H groups in total. The first-order chi connectivity index (χ1) is 13.1. The fourth-order valence-corrected chi connectivity index (χ4v) is 4.18. The molecule has 5 heteroatoms. The third kappa shape index (κ3) is 3.47. The molecule has 1 spiro atoms. The average Bonchev–Trinajstić information content (AvgIpc) is 3.05. The molecule has 1 amide bonds. The number of piperidine rings is 1. The second-order valence-corrected chi connectivity index (χ2v) is 7.69. The number of hydrogen-bond acceptors (Lipinski definition) is 3. The second-order valence-electron chi connectivity index (χ2n) is 7.28. The summed E-state index contributed by atoms with van der Waals surface area (Å²) in [6.07, 6.45) is 5.21. The standard InChI is InChI=1S/C22H23ClN2O2/c23-19-4-2-1-3-17(19)6-8-21(26)25-11-9-22(10-12-25)15-27-20-7-5-16(14-24)13-18(20)22/h1-8,13H,9-12,14-15,24H2/b8-6+. The van der Waals surface area contributed by atoms with Gasteiger partial charge in [0.05, 0.1) is 6.61 Å². The van der Waals surface area contributed by atoms with Crippen molar-refractivity contribution in [3.63, 3.8) is 0 Å². The number of rotatable bonds is 3. The van der Waals surface area contributed by atoms with E-state index in [1.807, 2.05) is 41.3 Å². The molecule has 0 aliphatic carbocycles. The fourth-order valence-electron chi connectivity index (χ4n) is 3.98. The van der Waals surface area contributed by atoms with Crippen LogP contribution in [0.1, 0.15) is 29.5 Å². The van der Waals surface area contributed by atoms with Crippen molar-refractivity contribution in [2.24, 2.45) is 5.73 Å². The van der Waals surface area contributed by atoms with Crippen LogP contribution < -0.4 is 10.5 Å². The van der Waals surface area contributed by atoms with Gasteiger partial charge in [-0.05, 0) is 42.2 Å². The van der Waals surface area contributed by atoms with E-state index in [0.717, 1.165) is 42.8 Å². The van der Waals surface area contributed by atoms with Gasteiger partial charge in [-0.15, -0.1) is 0 Å². The quantitative estimate of drug-likeness (QED) is 0.822. The van der Waals surface area contributed by atoms with E-state index in [2.05, 4.69) is 6.07 Å². The average molecular weight is 383 g/mol. The summed E-state index contributed by atoms with van der Waals surface area (Å²) < 4.78 is 5.93. The molecule has 0 unspecified atom stereocenters. The van der Waals surface area contributed by atoms with Crippen molar-refractivity contribution in [3.05, 3.63) is 70.3 Å². The van der Waals surface area contributed by atoms with Gasteiger partial charge in [0.15, 0.2) is 0 Å². The van der Waals surface area contributed by atoms with Crippen LogP contribution >= 0.6 is 11.6 Å². The molecule has 1 saturated heterocycles. The summed E-state index contributed by atoms with van der Waals surface area (Å²) >= 11 is 6.15. The highest BCUT2D eigenvalue weighted by Gasteiger charge is 2.43. The molecular weight excluding hydrogens is 360 g/mol. The van der Waals surface area contributed by atoms with Gasteiger partial charge < -0.3 is 15.4 Å². The minimum atomic E-state index is 0.00372. The lowest BCUT2D eigenvalue weighted by Gasteiger charge is -2.38. The van der Waals surface area contributed by atoms with E-state index < -0.39 is 0 Å². The third-order valence-corrected chi connectivity index (χ3v) is 6.04. The van der Waals surface area contributed by atoms with Crippen LogP contribution in [0.25, 0.3) is 6.08 Å². The Labute approximate surface area is 164 Å². The lowest BCUT2D eigenvalue weighted by molar-refractivity contribution is -0.127. The zero-order valence-corrected chi connectivity index (χ0v) is 15.9. The highest BCUT2D eigenvalue weighted by molar-refractivity contribution is 6.32. The third-order valence-electron chi connectivity index (χ3n) is 5.70. The minimum Gasteiger partial charge on any atom is -0.492 e. The summed E-state index contributed by atoms with van der Waals surface area (Å²) in [6, 6.07) is 13.7. The molecule has 0 bridgehead atoms. The normalized spacial score (nSPS) is 17.9. The number of carbonyl (C=O) groups is 1. The van der Waals surface area contributed by atoms with Crippen LogP contribution in [-0.4, -0.2) is 30.5 Å². The van der Waals surface area contributed by atoms with Crippen molar-refractivity contribution in [1.82, 2.24) is 4.90 Å². The maximum Gasteiger partial charge on any atom is 0.246 e. The molecule has 0 saturated carbocycles. The lowest BCUT2D eigenvalue weighted by atomic mass is 9.74. The summed E-state index contributed by atoms with van der Waals surface area (Å²) in [4.78, 5) is 14.5. The molecular formula is C22H23ClN2O2. The molecule has 2 aromatic carbocycles. The lowest BCUT2D eigenvalue weighted by Crippen LogP contribution is -2.45. The van der Waals surface area contributed by atoms with Gasteiger partial charge in [0.1, 0.15) is 5.75 Å². The van der Waals surface area contributed by atoms with Crippen LogP contribution in [0.4, 0.5) is 0 Å². The molecule has 2 heterocycles. The van der Waals surface area contributed by atoms with Crippen molar-refractivity contribution in [1.29, 1.82) is 0 Å². The van der Waals surface area contributed by atoms with Crippen LogP contribution in [0.3, 0.4) is 0 Å². The Bertz CT molecular complexity index is 886. The molecule has 2 aromatic rings. The Balaban J connectivity index is 1.44. The Morgan fingerprint density at radius 3 is 2.74 bits per heavy atom. The van der Waals surface area contributed by atoms with Crippen molar-refractivity contribution >= 4 is 23.6 Å². The van der Waals surface area contributed by atoms with Crippen molar-refractivity contribution < 1.29 is 9.53 Å². The number of ether oxygens (including phenoxy) is 1. The van der Waals surface area contributed by atoms with Crippen molar-refractivity contribution in [2.45, 2.75) is 24.8 Å². The largest absolute Gasteiger partial charge is 0.492 e. The Morgan fingerprint density at radius 2 is 2.00 bits per heavy atom. The number of fused-ring (bicyclic) bond motifs is 2. The maximum atomic E-state index is 12.6. The number of carbonyl (C=O) groups excluding carboxylic acids is 1. The molecule has 0 aromatic heterocycles. The Morgan fingerprint density at radius 1 is 1.22 bits per heavy atom. The van der Waals surface area contributed by atoms with E-state index in [1.165, 1.54) is 5.56 Å². The smallest absolute Gasteiger partial charge is 0.246 e. The molecule has 0 radical (unpaired) electrons. The maximum absolute atomic E-state index is 12.6. The number of nitrogens with zero attached hydrogens (tertiary/aromatic N) is 1. The summed E-state index contributed by atoms with van der Waals surface area (Å²) in [7, 11) is 0. The number of nitrogens with two attached hydrogens (primary N) is 1. The molecule has 27 heavy (non-hydrogen) atoms. The SMILES string of the molecule is NCc1ccc2c(c1)C1(CCN(C(=O)/C=C/c3ccccc3Cl)CC1)CO2. The fraction of sp³-hybridized carbons (Fsp3) is 0.318. The van der Waals surface area contributed by atoms with Gasteiger partial charge in [-0.2, -0.15) is 0 Å². The predicted molar refractivity (Wildman–Crippen MR) is 108 cm³/mol. The molecule has 4 rings (SSSR count). The van der Waals surface area contributed by atoms with E-state index >= 15 is 0 Å². The van der Waals surface area contributed by atoms with Crippen LogP contribution in [0.5, 0.6) is 5.75 Å². The first-order valence-corrected chi connectivity index (χ1v) is 9.67. The first-order valence-electron chi connectivity index (χ1n) is 9.29. The molecule has 140 valence electrons. The van der Waals surface area contributed by atoms with Gasteiger partial charge in [0, 0.05) is 41.7 Å². The number of halogens is 1. The summed E-state index contributed by atoms with van der Waals surface area (Å²) in [5, 5.41) is 0.648. The topological polar surface area (TPSA) is 55.6 Å². The molecule has 0 atom stereocenters. The zero-order chi connectivity index (χ0) is 18.9. The van der Waals surface area contributed by atoms with Gasteiger partial charge in [-0.1, -0.05) is 41.9 Å². The second kappa shape index (κ2) is 7.37. The summed E-state index contributed by atoms with van der Waals surface area (Å²) in [5.41, 5.74) is 9.04. The summed E-state index contributed by atoms with van der Waals surface area (Å²) in [6.45, 7) is 2.66. The summed E-state index contributed by atoms with van der Waals surface area (Å²) in [5.74, 6) is 0.991. The van der Waals surface area contributed by atoms with Gasteiger partial charge in [0.2, 0.25) is 5.91 Å². The molecule has 2 aliphatic rings. The van der Waals surface area contributed by atoms with Crippen molar-refractivity contribution in [2.75, 3.05) is 19.7 Å². The van der Waals surface area contributed by atoms with E-state index in [4.69, 9.17) is 22.1 Å². The highest BCUT2D eigenvalue weighted by atomic mass is 35.5. The van der Waals surface area contributed by atoms with Gasteiger partial charge in [-0.25, -0.2) is 0 Å². The van der Waals surface area contributed by atoms with Crippen LogP contribution in [0.2, 0.25) is 5.02 Å². The molecule has 2 aliphatic heterocycles. The van der Waals surface area contributed by atoms with Crippen LogP contribution in [-0.2, 0) is 16.8 Å². The predicted octanol–water partition coefficient (Wildman–Crippen LogP) is 3.76. The Kier molecular flexibility index (Phi) is 4.94. The Hall–Kier alpha value is -2.30. The monoisotopic (exact) mass is 382 g/mol. The highest BCUT2D eigenvalue weighted by Crippen LogP contribution is 2.45. The van der Waals surface area contributed by atoms with Gasteiger partial charge in [-0.3, -0.25) is 4.79 Å². The van der Waals surface area contributed by atoms with E-state index in [-0.39, 0.29) is 11.3 Å².